The molecule has 0 aliphatic rings. The molecule has 2 heterocycles. The second kappa shape index (κ2) is 19.0. The van der Waals surface area contributed by atoms with Crippen LogP contribution in [0.2, 0.25) is 5.02 Å². The predicted octanol–water partition coefficient (Wildman–Crippen LogP) is -1.20. The van der Waals surface area contributed by atoms with Crippen LogP contribution in [0.4, 0.5) is 20.7 Å². The van der Waals surface area contributed by atoms with E-state index in [-0.39, 0.29) is 91.9 Å². The second-order valence-corrected chi connectivity index (χ2v) is 13.6. The predicted molar refractivity (Wildman–Crippen MR) is 173 cm³/mol. The van der Waals surface area contributed by atoms with E-state index in [1.165, 1.54) is 48.8 Å². The van der Waals surface area contributed by atoms with Gasteiger partial charge in [-0.1, -0.05) is 23.7 Å². The summed E-state index contributed by atoms with van der Waals surface area (Å²) in [5.41, 5.74) is 1.06. The summed E-state index contributed by atoms with van der Waals surface area (Å²) in [5, 5.41) is 3.48. The van der Waals surface area contributed by atoms with Crippen molar-refractivity contribution >= 4 is 57.8 Å². The molecule has 0 fully saturated rings. The van der Waals surface area contributed by atoms with Crippen molar-refractivity contribution in [2.24, 2.45) is 0 Å². The molecule has 20 heteroatoms. The first-order valence-electron chi connectivity index (χ1n) is 16.6. The number of phosphoric ester groups is 1. The van der Waals surface area contributed by atoms with Gasteiger partial charge < -0.3 is 38.1 Å². The van der Waals surface area contributed by atoms with Crippen molar-refractivity contribution < 1.29 is 118 Å². The molecule has 51 heavy (non-hydrogen) atoms. The third-order valence-corrected chi connectivity index (χ3v) is 7.48. The van der Waals surface area contributed by atoms with Gasteiger partial charge in [-0.2, -0.15) is 0 Å². The molecule has 0 bridgehead atoms. The van der Waals surface area contributed by atoms with Gasteiger partial charge in [-0.3, -0.25) is 4.90 Å². The average Bonchev–Trinajstić information content (AvgIpc) is 3.56. The minimum atomic E-state index is -5.66. The SMILES string of the molecule is [2H]C([2H])(Oc1ccc(Nc2ncnc3ccc(-c4ccc(C([2H])([2H])N(C(=O)OCOP(=O)([O-])[O-])C([2H])([2H])CS(C)(=O)=O)o4)cc23)cc1Cl)c1cccc(F)c1.[Na+].[Na+]. The normalized spacial score (nSPS) is 13.9. The Labute approximate surface area is 349 Å². The Kier molecular flexibility index (Phi) is 12.7. The van der Waals surface area contributed by atoms with Crippen LogP contribution in [0.5, 0.6) is 5.75 Å². The number of nitrogens with zero attached hydrogens (tertiary/aromatic N) is 3. The summed E-state index contributed by atoms with van der Waals surface area (Å²) in [7, 11) is -9.87. The van der Waals surface area contributed by atoms with Gasteiger partial charge in [0.25, 0.3) is 0 Å². The zero-order valence-corrected chi connectivity index (χ0v) is 33.4. The molecule has 1 N–H and O–H groups in total. The van der Waals surface area contributed by atoms with Crippen LogP contribution in [0.1, 0.15) is 19.5 Å². The van der Waals surface area contributed by atoms with E-state index in [2.05, 4.69) is 24.5 Å². The van der Waals surface area contributed by atoms with Crippen LogP contribution in [-0.4, -0.2) is 54.7 Å². The third kappa shape index (κ3) is 13.1. The number of fused-ring (bicyclic) bond motifs is 1. The molecule has 0 radical (unpaired) electrons. The van der Waals surface area contributed by atoms with Crippen molar-refractivity contribution in [1.82, 2.24) is 14.9 Å². The van der Waals surface area contributed by atoms with Crippen LogP contribution in [-0.2, 0) is 36.7 Å². The molecule has 0 aliphatic carbocycles. The molecule has 0 atom stereocenters. The molecule has 3 aromatic carbocycles. The van der Waals surface area contributed by atoms with Gasteiger partial charge in [-0.05, 0) is 66.2 Å². The van der Waals surface area contributed by atoms with Gasteiger partial charge in [0.05, 0.1) is 38.8 Å². The molecule has 0 saturated carbocycles. The molecule has 0 saturated heterocycles. The van der Waals surface area contributed by atoms with E-state index in [0.29, 0.717) is 28.4 Å². The van der Waals surface area contributed by atoms with Gasteiger partial charge in [-0.15, -0.1) is 0 Å². The first-order valence-corrected chi connectivity index (χ1v) is 17.5. The molecule has 0 aliphatic heterocycles. The first kappa shape index (κ1) is 34.2. The van der Waals surface area contributed by atoms with Gasteiger partial charge in [0.1, 0.15) is 51.6 Å². The minimum Gasteiger partial charge on any atom is -0.790 e. The molecule has 14 nitrogen and oxygen atoms in total. The Morgan fingerprint density at radius 1 is 1.10 bits per heavy atom. The van der Waals surface area contributed by atoms with Gasteiger partial charge >= 0.3 is 65.2 Å². The molecule has 5 rings (SSSR count). The van der Waals surface area contributed by atoms with Crippen molar-refractivity contribution in [2.75, 3.05) is 30.6 Å². The zero-order chi connectivity index (χ0) is 40.6. The number of benzene rings is 3. The molecular weight excluding hydrogens is 752 g/mol. The van der Waals surface area contributed by atoms with E-state index in [0.717, 1.165) is 12.1 Å². The number of anilines is 2. The monoisotopic (exact) mass is 784 g/mol. The number of phosphoric acid groups is 1. The topological polar surface area (TPSA) is 196 Å². The number of halogens is 2. The van der Waals surface area contributed by atoms with E-state index in [1.54, 1.807) is 18.2 Å². The van der Waals surface area contributed by atoms with Gasteiger partial charge in [-0.25, -0.2) is 27.6 Å². The molecule has 5 aromatic rings. The Balaban J connectivity index is 0.00000435. The summed E-state index contributed by atoms with van der Waals surface area (Å²) in [5.74, 6) is -2.59. The number of hydrogen-bond acceptors (Lipinski definition) is 13. The van der Waals surface area contributed by atoms with Crippen LogP contribution in [0.15, 0.2) is 83.5 Å². The maximum atomic E-state index is 13.7. The van der Waals surface area contributed by atoms with Gasteiger partial charge in [0.2, 0.25) is 0 Å². The fraction of sp³-hybridized carbons (Fsp3) is 0.194. The number of carbonyl (C=O) groups is 1. The van der Waals surface area contributed by atoms with Crippen molar-refractivity contribution in [3.8, 4) is 17.1 Å². The quantitative estimate of drug-likeness (QED) is 0.0802. The third-order valence-electron chi connectivity index (χ3n) is 6.11. The maximum absolute atomic E-state index is 13.7. The largest absolute Gasteiger partial charge is 1.00 e. The summed E-state index contributed by atoms with van der Waals surface area (Å²) >= 11 is 6.42. The molecule has 1 amide bonds. The van der Waals surface area contributed by atoms with Crippen LogP contribution < -0.4 is 79.0 Å². The number of sulfone groups is 1. The van der Waals surface area contributed by atoms with Crippen LogP contribution in [0.25, 0.3) is 22.2 Å². The van der Waals surface area contributed by atoms with Crippen molar-refractivity contribution in [1.29, 1.82) is 0 Å². The number of amides is 1. The Morgan fingerprint density at radius 2 is 1.88 bits per heavy atom. The summed E-state index contributed by atoms with van der Waals surface area (Å²) in [6.45, 7) is -10.6. The number of rotatable bonds is 14. The molecular formula is C31H27ClFN4Na2O10PS. The van der Waals surface area contributed by atoms with E-state index < -0.39 is 67.4 Å². The number of ether oxygens (including phenoxy) is 2. The number of carbonyl (C=O) groups excluding carboxylic acids is 1. The van der Waals surface area contributed by atoms with E-state index in [9.17, 15) is 32.0 Å². The van der Waals surface area contributed by atoms with Crippen molar-refractivity contribution in [3.05, 3.63) is 101 Å². The number of nitrogens with one attached hydrogen (secondary N) is 1. The fourth-order valence-corrected chi connectivity index (χ4v) is 4.74. The second-order valence-electron chi connectivity index (χ2n) is 9.88. The minimum absolute atomic E-state index is 0. The van der Waals surface area contributed by atoms with Gasteiger partial charge in [0, 0.05) is 29.4 Å². The zero-order valence-electron chi connectivity index (χ0n) is 33.0. The fourth-order valence-electron chi connectivity index (χ4n) is 3.97. The average molecular weight is 785 g/mol. The Bertz CT molecular complexity index is 2420. The smallest absolute Gasteiger partial charge is 0.790 e. The van der Waals surface area contributed by atoms with E-state index >= 15 is 0 Å². The number of aromatic nitrogens is 2. The van der Waals surface area contributed by atoms with E-state index in [1.807, 2.05) is 0 Å². The van der Waals surface area contributed by atoms with Crippen LogP contribution >= 0.6 is 19.4 Å². The van der Waals surface area contributed by atoms with Crippen LogP contribution in [0, 0.1) is 5.82 Å². The molecule has 0 unspecified atom stereocenters. The Hall–Kier alpha value is -2.57. The van der Waals surface area contributed by atoms with E-state index in [4.69, 9.17) is 29.0 Å². The number of hydrogen-bond donors (Lipinski definition) is 1. The summed E-state index contributed by atoms with van der Waals surface area (Å²) in [4.78, 5) is 42.8. The van der Waals surface area contributed by atoms with Gasteiger partial charge in [0.15, 0.2) is 6.79 Å². The molecule has 258 valence electrons. The van der Waals surface area contributed by atoms with Crippen molar-refractivity contribution in [2.45, 2.75) is 13.1 Å². The summed E-state index contributed by atoms with van der Waals surface area (Å²) in [6, 6.07) is 16.2. The number of furan rings is 1. The first-order chi connectivity index (χ1) is 25.4. The summed E-state index contributed by atoms with van der Waals surface area (Å²) in [6.07, 6.45) is -0.0212. The molecule has 2 aromatic heterocycles. The molecule has 0 spiro atoms. The maximum Gasteiger partial charge on any atom is 1.00 e. The standard InChI is InChI=1S/C31H29ClFN4O10PS.2Na/c1-49(42,43)12-11-37(31(38)45-19-46-48(39,40)41)16-24-7-10-28(47-24)21-5-8-27-25(14-21)30(35-18-34-27)36-23-6-9-29(26(32)15-23)44-17-20-3-2-4-22(33)13-20;;/h2-10,13-15,18H,11-12,16-17,19H2,1H3,(H,34,35,36)(H2,39,40,41);;/q;2*+1/p-2/i11D2,16D2,17D2;;. The Morgan fingerprint density at radius 3 is 2.59 bits per heavy atom. The summed E-state index contributed by atoms with van der Waals surface area (Å²) < 4.78 is 118. The van der Waals surface area contributed by atoms with Crippen molar-refractivity contribution in [3.63, 3.8) is 0 Å². The van der Waals surface area contributed by atoms with Crippen LogP contribution in [0.3, 0.4) is 0 Å².